The van der Waals surface area contributed by atoms with E-state index in [0.29, 0.717) is 48.0 Å². The number of hydrogen-bond acceptors (Lipinski definition) is 6. The molecule has 0 saturated carbocycles. The van der Waals surface area contributed by atoms with Crippen molar-refractivity contribution in [2.45, 2.75) is 31.6 Å². The molecular weight excluding hydrogens is 433 g/mol. The minimum Gasteiger partial charge on any atom is -0.492 e. The molecule has 0 radical (unpaired) electrons. The zero-order valence-electron chi connectivity index (χ0n) is 18.0. The van der Waals surface area contributed by atoms with Gasteiger partial charge in [-0.3, -0.25) is 9.30 Å². The summed E-state index contributed by atoms with van der Waals surface area (Å²) >= 11 is 0. The van der Waals surface area contributed by atoms with Crippen LogP contribution in [0.3, 0.4) is 0 Å². The second-order valence-corrected chi connectivity index (χ2v) is 8.16. The van der Waals surface area contributed by atoms with Crippen LogP contribution >= 0.6 is 0 Å². The number of halogens is 3. The Hall–Kier alpha value is -3.24. The third-order valence-electron chi connectivity index (χ3n) is 5.88. The van der Waals surface area contributed by atoms with E-state index in [0.717, 1.165) is 5.39 Å². The highest BCUT2D eigenvalue weighted by Gasteiger charge is 2.46. The van der Waals surface area contributed by atoms with Crippen LogP contribution in [0.25, 0.3) is 28.1 Å². The molecule has 7 nitrogen and oxygen atoms in total. The molecule has 33 heavy (non-hydrogen) atoms. The fraction of sp³-hybridized carbons (Fsp3) is 0.348. The molecule has 4 aromatic rings. The molecule has 0 aliphatic carbocycles. The van der Waals surface area contributed by atoms with Crippen LogP contribution in [0.5, 0.6) is 5.75 Å². The van der Waals surface area contributed by atoms with Gasteiger partial charge in [0.05, 0.1) is 6.61 Å². The summed E-state index contributed by atoms with van der Waals surface area (Å²) in [6.45, 7) is 2.87. The molecule has 1 saturated heterocycles. The topological polar surface area (TPSA) is 81.6 Å². The molecule has 2 N–H and O–H groups in total. The van der Waals surface area contributed by atoms with Gasteiger partial charge in [0.2, 0.25) is 0 Å². The fourth-order valence-electron chi connectivity index (χ4n) is 4.42. The first-order valence-electron chi connectivity index (χ1n) is 10.8. The molecule has 4 heterocycles. The number of pyridine rings is 2. The summed E-state index contributed by atoms with van der Waals surface area (Å²) < 4.78 is 49.5. The summed E-state index contributed by atoms with van der Waals surface area (Å²) in [5.74, 6) is 0.993. The number of aromatic nitrogens is 4. The average molecular weight is 456 g/mol. The van der Waals surface area contributed by atoms with E-state index in [4.69, 9.17) is 15.5 Å². The van der Waals surface area contributed by atoms with Gasteiger partial charge in [-0.25, -0.2) is 4.98 Å². The summed E-state index contributed by atoms with van der Waals surface area (Å²) in [5, 5.41) is 9.24. The maximum Gasteiger partial charge on any atom is 0.408 e. The summed E-state index contributed by atoms with van der Waals surface area (Å²) in [6, 6.07) is 10.3. The maximum absolute atomic E-state index is 14.1. The Bertz CT molecular complexity index is 1300. The van der Waals surface area contributed by atoms with Crippen molar-refractivity contribution in [2.75, 3.05) is 19.7 Å². The predicted octanol–water partition coefficient (Wildman–Crippen LogP) is 3.98. The molecule has 1 aromatic carbocycles. The van der Waals surface area contributed by atoms with Crippen molar-refractivity contribution < 1.29 is 17.9 Å². The Labute approximate surface area is 188 Å². The van der Waals surface area contributed by atoms with Gasteiger partial charge in [-0.05, 0) is 37.1 Å². The van der Waals surface area contributed by atoms with Gasteiger partial charge in [0, 0.05) is 30.7 Å². The molecule has 3 aromatic heterocycles. The largest absolute Gasteiger partial charge is 0.492 e. The Morgan fingerprint density at radius 2 is 2.00 bits per heavy atom. The average Bonchev–Trinajstić information content (AvgIpc) is 3.39. The van der Waals surface area contributed by atoms with Crippen molar-refractivity contribution >= 4 is 16.6 Å². The number of rotatable bonds is 5. The van der Waals surface area contributed by atoms with Gasteiger partial charge in [0.25, 0.3) is 0 Å². The van der Waals surface area contributed by atoms with Crippen LogP contribution in [0.1, 0.15) is 24.9 Å². The van der Waals surface area contributed by atoms with E-state index in [1.807, 2.05) is 31.2 Å². The third kappa shape index (κ3) is 4.00. The van der Waals surface area contributed by atoms with Crippen molar-refractivity contribution in [2.24, 2.45) is 5.73 Å². The zero-order chi connectivity index (χ0) is 23.2. The molecule has 0 amide bonds. The molecular formula is C23H23F3N6O. The second kappa shape index (κ2) is 8.27. The monoisotopic (exact) mass is 456 g/mol. The van der Waals surface area contributed by atoms with Crippen LogP contribution in [0, 0.1) is 0 Å². The normalized spacial score (nSPS) is 18.3. The number of benzene rings is 1. The number of nitrogens with zero attached hydrogens (tertiary/aromatic N) is 5. The Balaban J connectivity index is 1.61. The fourth-order valence-corrected chi connectivity index (χ4v) is 4.42. The van der Waals surface area contributed by atoms with Crippen molar-refractivity contribution in [1.82, 2.24) is 24.5 Å². The zero-order valence-corrected chi connectivity index (χ0v) is 18.0. The van der Waals surface area contributed by atoms with Gasteiger partial charge in [-0.2, -0.15) is 13.2 Å². The number of likely N-dealkylation sites (tertiary alicyclic amines) is 1. The summed E-state index contributed by atoms with van der Waals surface area (Å²) in [7, 11) is 0. The highest BCUT2D eigenvalue weighted by molar-refractivity contribution is 5.86. The molecule has 5 rings (SSSR count). The highest BCUT2D eigenvalue weighted by atomic mass is 19.4. The lowest BCUT2D eigenvalue weighted by Crippen LogP contribution is -2.38. The van der Waals surface area contributed by atoms with Gasteiger partial charge in [-0.1, -0.05) is 24.3 Å². The molecule has 10 heteroatoms. The van der Waals surface area contributed by atoms with Gasteiger partial charge >= 0.3 is 6.18 Å². The number of alkyl halides is 3. The quantitative estimate of drug-likeness (QED) is 0.489. The number of hydrogen-bond donors (Lipinski definition) is 1. The van der Waals surface area contributed by atoms with Crippen LogP contribution in [0.4, 0.5) is 13.2 Å². The van der Waals surface area contributed by atoms with Crippen LogP contribution in [-0.2, 0) is 0 Å². The van der Waals surface area contributed by atoms with Gasteiger partial charge < -0.3 is 10.5 Å². The number of ether oxygens (including phenoxy) is 1. The van der Waals surface area contributed by atoms with Gasteiger partial charge in [-0.15, -0.1) is 10.2 Å². The van der Waals surface area contributed by atoms with Crippen LogP contribution < -0.4 is 10.5 Å². The molecule has 1 aliphatic rings. The lowest BCUT2D eigenvalue weighted by Gasteiger charge is -2.30. The van der Waals surface area contributed by atoms with Crippen molar-refractivity contribution in [3.8, 4) is 17.3 Å². The van der Waals surface area contributed by atoms with Crippen LogP contribution in [0.2, 0.25) is 0 Å². The SMILES string of the molecule is CCOc1cccc2ccc(-c3nnc4ccc([C@@H](N5CC[C@H](N)C5)C(F)(F)F)cn34)nc12. The molecule has 172 valence electrons. The number of para-hydroxylation sites is 1. The Kier molecular flexibility index (Phi) is 5.41. The first-order valence-corrected chi connectivity index (χ1v) is 10.8. The minimum atomic E-state index is -4.44. The van der Waals surface area contributed by atoms with Crippen LogP contribution in [-0.4, -0.2) is 56.4 Å². The van der Waals surface area contributed by atoms with E-state index in [-0.39, 0.29) is 18.2 Å². The van der Waals surface area contributed by atoms with E-state index in [2.05, 4.69) is 10.2 Å². The van der Waals surface area contributed by atoms with Crippen LogP contribution in [0.15, 0.2) is 48.7 Å². The number of nitrogens with two attached hydrogens (primary N) is 1. The van der Waals surface area contributed by atoms with Gasteiger partial charge in [0.15, 0.2) is 11.5 Å². The smallest absolute Gasteiger partial charge is 0.408 e. The Morgan fingerprint density at radius 3 is 2.73 bits per heavy atom. The molecule has 2 atom stereocenters. The Morgan fingerprint density at radius 1 is 1.15 bits per heavy atom. The van der Waals surface area contributed by atoms with Gasteiger partial charge in [0.1, 0.15) is 23.0 Å². The van der Waals surface area contributed by atoms with E-state index in [9.17, 15) is 13.2 Å². The first-order chi connectivity index (χ1) is 15.8. The van der Waals surface area contributed by atoms with Crippen molar-refractivity contribution in [3.05, 3.63) is 54.2 Å². The van der Waals surface area contributed by atoms with Crippen molar-refractivity contribution in [3.63, 3.8) is 0 Å². The number of fused-ring (bicyclic) bond motifs is 2. The van der Waals surface area contributed by atoms with E-state index in [1.54, 1.807) is 16.5 Å². The first kappa shape index (κ1) is 21.6. The molecule has 0 unspecified atom stereocenters. The predicted molar refractivity (Wildman–Crippen MR) is 118 cm³/mol. The third-order valence-corrected chi connectivity index (χ3v) is 5.88. The summed E-state index contributed by atoms with van der Waals surface area (Å²) in [4.78, 5) is 6.09. The molecule has 1 aliphatic heterocycles. The van der Waals surface area contributed by atoms with Crippen molar-refractivity contribution in [1.29, 1.82) is 0 Å². The molecule has 1 fully saturated rings. The maximum atomic E-state index is 14.1. The summed E-state index contributed by atoms with van der Waals surface area (Å²) in [5.41, 5.74) is 7.58. The van der Waals surface area contributed by atoms with E-state index in [1.165, 1.54) is 17.2 Å². The summed E-state index contributed by atoms with van der Waals surface area (Å²) in [6.07, 6.45) is -2.46. The second-order valence-electron chi connectivity index (χ2n) is 8.16. The van der Waals surface area contributed by atoms with E-state index < -0.39 is 12.2 Å². The molecule has 0 spiro atoms. The highest BCUT2D eigenvalue weighted by Crippen LogP contribution is 2.39. The minimum absolute atomic E-state index is 0.112. The van der Waals surface area contributed by atoms with E-state index >= 15 is 0 Å². The lowest BCUT2D eigenvalue weighted by molar-refractivity contribution is -0.183. The molecule has 0 bridgehead atoms. The standard InChI is InChI=1S/C23H23F3N6O/c1-2-33-18-5-3-4-14-6-8-17(28-20(14)18)22-30-29-19-9-7-15(12-32(19)22)21(23(24,25)26)31-11-10-16(27)13-31/h3-9,12,16,21H,2,10-11,13,27H2,1H3/t16-,21+/m0/s1. The lowest BCUT2D eigenvalue weighted by atomic mass is 10.1.